The molecule has 5 rings (SSSR count). The molecular weight excluding hydrogens is 391 g/mol. The van der Waals surface area contributed by atoms with Crippen molar-refractivity contribution in [2.75, 3.05) is 18.4 Å². The highest BCUT2D eigenvalue weighted by molar-refractivity contribution is 6.36. The van der Waals surface area contributed by atoms with Gasteiger partial charge in [-0.15, -0.1) is 0 Å². The standard InChI is InChI=1S/C23H20Cl2N2O/c24-15-6-7-17(20(25)12-15)14-10-18-19-13-26-9-8-22(19)28-23(18)21(11-14)27-16-4-2-1-3-5-16/h1-7,10-12,19,22,26-27H,8-9,13H2. The number of rotatable bonds is 3. The third-order valence-corrected chi connectivity index (χ3v) is 6.05. The second-order valence-electron chi connectivity index (χ2n) is 7.31. The van der Waals surface area contributed by atoms with Gasteiger partial charge in [0.2, 0.25) is 0 Å². The van der Waals surface area contributed by atoms with Crippen LogP contribution in [-0.4, -0.2) is 19.2 Å². The number of piperidine rings is 1. The molecule has 3 aromatic rings. The van der Waals surface area contributed by atoms with E-state index in [-0.39, 0.29) is 6.10 Å². The largest absolute Gasteiger partial charge is 0.487 e. The normalized spacial score (nSPS) is 20.2. The maximum absolute atomic E-state index is 6.52. The highest BCUT2D eigenvalue weighted by atomic mass is 35.5. The Morgan fingerprint density at radius 3 is 2.68 bits per heavy atom. The molecule has 0 amide bonds. The molecule has 1 saturated heterocycles. The minimum Gasteiger partial charge on any atom is -0.487 e. The van der Waals surface area contributed by atoms with E-state index in [2.05, 4.69) is 34.9 Å². The van der Waals surface area contributed by atoms with Gasteiger partial charge >= 0.3 is 0 Å². The van der Waals surface area contributed by atoms with E-state index in [1.54, 1.807) is 6.07 Å². The molecule has 0 spiro atoms. The monoisotopic (exact) mass is 410 g/mol. The van der Waals surface area contributed by atoms with E-state index in [1.807, 2.05) is 30.3 Å². The number of fused-ring (bicyclic) bond motifs is 3. The minimum atomic E-state index is 0.225. The van der Waals surface area contributed by atoms with Gasteiger partial charge in [0.1, 0.15) is 11.9 Å². The quantitative estimate of drug-likeness (QED) is 0.535. The molecule has 2 aliphatic heterocycles. The number of benzene rings is 3. The topological polar surface area (TPSA) is 33.3 Å². The maximum atomic E-state index is 6.52. The zero-order valence-corrected chi connectivity index (χ0v) is 16.7. The molecule has 3 nitrogen and oxygen atoms in total. The van der Waals surface area contributed by atoms with Crippen molar-refractivity contribution in [3.05, 3.63) is 76.3 Å². The van der Waals surface area contributed by atoms with Crippen LogP contribution < -0.4 is 15.4 Å². The van der Waals surface area contributed by atoms with Gasteiger partial charge in [-0.3, -0.25) is 0 Å². The maximum Gasteiger partial charge on any atom is 0.146 e. The molecule has 2 atom stereocenters. The number of hydrogen-bond donors (Lipinski definition) is 2. The van der Waals surface area contributed by atoms with E-state index in [0.717, 1.165) is 47.8 Å². The summed E-state index contributed by atoms with van der Waals surface area (Å²) in [4.78, 5) is 0. The highest BCUT2D eigenvalue weighted by Crippen LogP contribution is 2.48. The van der Waals surface area contributed by atoms with Crippen molar-refractivity contribution < 1.29 is 4.74 Å². The van der Waals surface area contributed by atoms with Crippen molar-refractivity contribution in [3.63, 3.8) is 0 Å². The van der Waals surface area contributed by atoms with Crippen LogP contribution in [0.15, 0.2) is 60.7 Å². The Bertz CT molecular complexity index is 1020. The summed E-state index contributed by atoms with van der Waals surface area (Å²) in [6.07, 6.45) is 1.24. The van der Waals surface area contributed by atoms with Crippen molar-refractivity contribution in [1.29, 1.82) is 0 Å². The summed E-state index contributed by atoms with van der Waals surface area (Å²) in [6.45, 7) is 1.92. The number of halogens is 2. The van der Waals surface area contributed by atoms with Crippen LogP contribution in [0.4, 0.5) is 11.4 Å². The molecule has 0 saturated carbocycles. The van der Waals surface area contributed by atoms with Crippen LogP contribution in [0.3, 0.4) is 0 Å². The van der Waals surface area contributed by atoms with Crippen molar-refractivity contribution in [1.82, 2.24) is 5.32 Å². The highest BCUT2D eigenvalue weighted by Gasteiger charge is 2.38. The lowest BCUT2D eigenvalue weighted by Gasteiger charge is -2.24. The second kappa shape index (κ2) is 7.32. The summed E-state index contributed by atoms with van der Waals surface area (Å²) in [5, 5.41) is 8.33. The Morgan fingerprint density at radius 1 is 1.00 bits per heavy atom. The summed E-state index contributed by atoms with van der Waals surface area (Å²) >= 11 is 12.6. The summed E-state index contributed by atoms with van der Waals surface area (Å²) in [6, 6.07) is 20.1. The molecule has 0 bridgehead atoms. The smallest absolute Gasteiger partial charge is 0.146 e. The van der Waals surface area contributed by atoms with Gasteiger partial charge in [0.05, 0.1) is 5.69 Å². The Labute approximate surface area is 174 Å². The lowest BCUT2D eigenvalue weighted by atomic mass is 9.89. The fourth-order valence-electron chi connectivity index (χ4n) is 4.14. The molecular formula is C23H20Cl2N2O. The molecule has 2 unspecified atom stereocenters. The molecule has 28 heavy (non-hydrogen) atoms. The second-order valence-corrected chi connectivity index (χ2v) is 8.16. The molecule has 5 heteroatoms. The fourth-order valence-corrected chi connectivity index (χ4v) is 4.66. The van der Waals surface area contributed by atoms with Gasteiger partial charge in [-0.25, -0.2) is 0 Å². The minimum absolute atomic E-state index is 0.225. The summed E-state index contributed by atoms with van der Waals surface area (Å²) in [7, 11) is 0. The van der Waals surface area contributed by atoms with Crippen molar-refractivity contribution >= 4 is 34.6 Å². The Kier molecular flexibility index (Phi) is 4.67. The molecule has 1 fully saturated rings. The Hall–Kier alpha value is -2.20. The van der Waals surface area contributed by atoms with Gasteiger partial charge in [0, 0.05) is 39.3 Å². The van der Waals surface area contributed by atoms with Crippen molar-refractivity contribution in [2.45, 2.75) is 18.4 Å². The van der Waals surface area contributed by atoms with Gasteiger partial charge in [-0.05, 0) is 54.9 Å². The molecule has 0 aromatic heterocycles. The fraction of sp³-hybridized carbons (Fsp3) is 0.217. The van der Waals surface area contributed by atoms with E-state index >= 15 is 0 Å². The van der Waals surface area contributed by atoms with Crippen molar-refractivity contribution in [3.8, 4) is 16.9 Å². The van der Waals surface area contributed by atoms with Crippen LogP contribution in [0.5, 0.6) is 5.75 Å². The van der Waals surface area contributed by atoms with E-state index in [1.165, 1.54) is 5.56 Å². The zero-order valence-electron chi connectivity index (χ0n) is 15.2. The van der Waals surface area contributed by atoms with Crippen molar-refractivity contribution in [2.24, 2.45) is 0 Å². The third kappa shape index (κ3) is 3.24. The first kappa shape index (κ1) is 17.9. The van der Waals surface area contributed by atoms with Gasteiger partial charge < -0.3 is 15.4 Å². The average molecular weight is 411 g/mol. The van der Waals surface area contributed by atoms with Crippen LogP contribution >= 0.6 is 23.2 Å². The van der Waals surface area contributed by atoms with Gasteiger partial charge in [0.25, 0.3) is 0 Å². The molecule has 0 aliphatic carbocycles. The lowest BCUT2D eigenvalue weighted by Crippen LogP contribution is -2.37. The van der Waals surface area contributed by atoms with Crippen LogP contribution in [0, 0.1) is 0 Å². The van der Waals surface area contributed by atoms with Crippen LogP contribution in [0.2, 0.25) is 10.0 Å². The van der Waals surface area contributed by atoms with Gasteiger partial charge in [-0.2, -0.15) is 0 Å². The lowest BCUT2D eigenvalue weighted by molar-refractivity contribution is 0.173. The molecule has 3 aromatic carbocycles. The van der Waals surface area contributed by atoms with E-state index in [9.17, 15) is 0 Å². The third-order valence-electron chi connectivity index (χ3n) is 5.50. The molecule has 0 radical (unpaired) electrons. The predicted octanol–water partition coefficient (Wildman–Crippen LogP) is 6.24. The van der Waals surface area contributed by atoms with E-state index in [4.69, 9.17) is 27.9 Å². The number of anilines is 2. The summed E-state index contributed by atoms with van der Waals surface area (Å²) in [5.74, 6) is 1.31. The van der Waals surface area contributed by atoms with Crippen LogP contribution in [0.25, 0.3) is 11.1 Å². The first-order valence-electron chi connectivity index (χ1n) is 9.52. The Morgan fingerprint density at radius 2 is 1.86 bits per heavy atom. The van der Waals surface area contributed by atoms with Gasteiger partial charge in [-0.1, -0.05) is 47.5 Å². The van der Waals surface area contributed by atoms with E-state index < -0.39 is 0 Å². The first-order chi connectivity index (χ1) is 13.7. The molecule has 2 N–H and O–H groups in total. The summed E-state index contributed by atoms with van der Waals surface area (Å²) < 4.78 is 6.40. The first-order valence-corrected chi connectivity index (χ1v) is 10.3. The van der Waals surface area contributed by atoms with Crippen LogP contribution in [0.1, 0.15) is 17.9 Å². The molecule has 2 aliphatic rings. The van der Waals surface area contributed by atoms with Gasteiger partial charge in [0.15, 0.2) is 0 Å². The average Bonchev–Trinajstić information content (AvgIpc) is 3.08. The number of para-hydroxylation sites is 1. The molecule has 2 heterocycles. The van der Waals surface area contributed by atoms with Crippen LogP contribution in [-0.2, 0) is 0 Å². The number of nitrogens with one attached hydrogen (secondary N) is 2. The summed E-state index contributed by atoms with van der Waals surface area (Å²) in [5.41, 5.74) is 5.27. The number of hydrogen-bond acceptors (Lipinski definition) is 3. The predicted molar refractivity (Wildman–Crippen MR) is 116 cm³/mol. The Balaban J connectivity index is 1.64. The SMILES string of the molecule is Clc1ccc(-c2cc(Nc3ccccc3)c3c(c2)C2CNCCC2O3)c(Cl)c1. The van der Waals surface area contributed by atoms with E-state index in [0.29, 0.717) is 16.0 Å². The molecule has 142 valence electrons. The number of ether oxygens (including phenoxy) is 1. The zero-order chi connectivity index (χ0) is 19.1.